The van der Waals surface area contributed by atoms with Gasteiger partial charge in [-0.3, -0.25) is 22.7 Å². The molecule has 7 heterocycles. The van der Waals surface area contributed by atoms with Gasteiger partial charge in [0.2, 0.25) is 26.0 Å². The van der Waals surface area contributed by atoms with Crippen molar-refractivity contribution in [3.63, 3.8) is 0 Å². The number of anilines is 2. The van der Waals surface area contributed by atoms with Crippen LogP contribution in [0.2, 0.25) is 0 Å². The van der Waals surface area contributed by atoms with Crippen LogP contribution in [0.5, 0.6) is 0 Å². The van der Waals surface area contributed by atoms with Crippen molar-refractivity contribution in [3.05, 3.63) is 36.8 Å². The van der Waals surface area contributed by atoms with Crippen LogP contribution in [0.4, 0.5) is 25.6 Å². The quantitative estimate of drug-likeness (QED) is 0.117. The van der Waals surface area contributed by atoms with Crippen LogP contribution in [-0.2, 0) is 64.7 Å². The van der Waals surface area contributed by atoms with Gasteiger partial charge in [-0.25, -0.2) is 62.1 Å². The molecule has 0 radical (unpaired) electrons. The Bertz CT molecular complexity index is 2370. The summed E-state index contributed by atoms with van der Waals surface area (Å²) in [6, 6.07) is 0. The molecule has 0 saturated carbocycles. The highest BCUT2D eigenvalue weighted by Gasteiger charge is 2.53. The minimum absolute atomic E-state index is 0.00519. The van der Waals surface area contributed by atoms with Crippen molar-refractivity contribution >= 4 is 61.9 Å². The zero-order chi connectivity index (χ0) is 42.9. The van der Waals surface area contributed by atoms with Crippen molar-refractivity contribution in [3.8, 4) is 0 Å². The molecule has 27 nitrogen and oxygen atoms in total. The Kier molecular flexibility index (Phi) is 12.4. The number of halogens is 1. The van der Waals surface area contributed by atoms with Crippen molar-refractivity contribution in [1.82, 2.24) is 39.0 Å². The number of aliphatic hydroxyl groups excluding tert-OH is 1. The average Bonchev–Trinajstić information content (AvgIpc) is 3.94. The predicted octanol–water partition coefficient (Wildman–Crippen LogP) is 2.90. The highest BCUT2D eigenvalue weighted by Crippen LogP contribution is 2.58. The van der Waals surface area contributed by atoms with E-state index >= 15 is 4.39 Å². The third-order valence-electron chi connectivity index (χ3n) is 8.32. The van der Waals surface area contributed by atoms with Crippen molar-refractivity contribution in [2.75, 3.05) is 38.3 Å². The maximum Gasteiger partial charge on any atom is 0.533 e. The molecule has 7 unspecified atom stereocenters. The van der Waals surface area contributed by atoms with Gasteiger partial charge in [-0.2, -0.15) is 0 Å². The van der Waals surface area contributed by atoms with Crippen LogP contribution in [0.25, 0.3) is 22.3 Å². The second kappa shape index (κ2) is 17.3. The summed E-state index contributed by atoms with van der Waals surface area (Å²) in [6.45, 7) is 1.95. The molecule has 326 valence electrons. The van der Waals surface area contributed by atoms with Gasteiger partial charge >= 0.3 is 28.0 Å². The van der Waals surface area contributed by atoms with Crippen LogP contribution in [0.15, 0.2) is 36.8 Å². The van der Waals surface area contributed by atoms with Gasteiger partial charge in [0.15, 0.2) is 40.7 Å². The summed E-state index contributed by atoms with van der Waals surface area (Å²) < 4.78 is 113. The molecule has 8 atom stereocenters. The molecule has 3 aliphatic rings. The van der Waals surface area contributed by atoms with Gasteiger partial charge in [0.1, 0.15) is 54.9 Å². The second-order valence-electron chi connectivity index (χ2n) is 13.2. The van der Waals surface area contributed by atoms with Gasteiger partial charge in [0.05, 0.1) is 25.1 Å². The van der Waals surface area contributed by atoms with Gasteiger partial charge in [0, 0.05) is 0 Å². The summed E-state index contributed by atoms with van der Waals surface area (Å²) in [5.41, 5.74) is 12.1. The van der Waals surface area contributed by atoms with E-state index in [-0.39, 0.29) is 34.0 Å². The number of phosphoric acid groups is 2. The SMILES string of the molecule is CC(C)OC(=O)OCOP1(=O)OCC2OC(n3cnc4c(N)ncnc43)C(OP(=O)(OCOC(=O)OC(C)C)OCC3=C(O1)C(F)[C@H](n1cnc4c(N)ncnc41)O3)C2O. The number of aromatic nitrogens is 8. The fraction of sp³-hybridized carbons (Fsp3) is 0.533. The van der Waals surface area contributed by atoms with E-state index in [1.54, 1.807) is 13.8 Å². The van der Waals surface area contributed by atoms with Crippen LogP contribution in [0.3, 0.4) is 0 Å². The molecule has 4 aromatic heterocycles. The van der Waals surface area contributed by atoms with Crippen LogP contribution in [0, 0.1) is 0 Å². The monoisotopic (exact) mass is 890 g/mol. The van der Waals surface area contributed by atoms with Crippen molar-refractivity contribution in [2.45, 2.75) is 76.8 Å². The Hall–Kier alpha value is -5.31. The maximum absolute atomic E-state index is 16.7. The summed E-state index contributed by atoms with van der Waals surface area (Å²) >= 11 is 0. The van der Waals surface area contributed by atoms with Crippen molar-refractivity contribution in [1.29, 1.82) is 0 Å². The highest BCUT2D eigenvalue weighted by atomic mass is 31.2. The summed E-state index contributed by atoms with van der Waals surface area (Å²) in [6.07, 6.45) is -10.0. The number of nitrogen functional groups attached to an aromatic ring is 2. The zero-order valence-corrected chi connectivity index (χ0v) is 33.5. The van der Waals surface area contributed by atoms with E-state index in [1.165, 1.54) is 24.7 Å². The van der Waals surface area contributed by atoms with E-state index in [0.29, 0.717) is 0 Å². The summed E-state index contributed by atoms with van der Waals surface area (Å²) in [7, 11) is -10.3. The Balaban J connectivity index is 1.26. The molecule has 1 saturated heterocycles. The number of nitrogens with two attached hydrogens (primary N) is 2. The van der Waals surface area contributed by atoms with Crippen LogP contribution < -0.4 is 11.5 Å². The fourth-order valence-electron chi connectivity index (χ4n) is 5.75. The molecule has 0 amide bonds. The topological polar surface area (TPSA) is 339 Å². The molecule has 0 aliphatic carbocycles. The number of nitrogens with zero attached hydrogens (tertiary/aromatic N) is 8. The lowest BCUT2D eigenvalue weighted by molar-refractivity contribution is -0.0629. The van der Waals surface area contributed by atoms with Crippen molar-refractivity contribution < 1.29 is 83.8 Å². The number of carbonyl (C=O) groups excluding carboxylic acids is 2. The predicted molar refractivity (Wildman–Crippen MR) is 192 cm³/mol. The van der Waals surface area contributed by atoms with E-state index < -0.39 is 115 Å². The molecule has 1 fully saturated rings. The van der Waals surface area contributed by atoms with E-state index in [0.717, 1.165) is 23.5 Å². The largest absolute Gasteiger partial charge is 0.533 e. The number of fused-ring (bicyclic) bond motifs is 4. The smallest absolute Gasteiger partial charge is 0.465 e. The molecule has 0 spiro atoms. The standard InChI is InChI=1S/C30H37FN10O17P2/c1-13(2)53-29(43)47-11-51-59(45)49-5-15-20(42)22(28(55-15)41-10-39-19-24(33)35-8-37-26(19)41)58-60(46,52-12-48-30(44)54-14(3)4)50-6-16-21(57-59)17(31)27(56-16)40-9-38-18-23(32)34-7-36-25(18)40/h7-10,13-15,17,20,22,27-28,42H,5-6,11-12H2,1-4H3,(H2,32,34,36)(H2,33,35,37)/t15?,17?,20?,22?,27-,28?,59?,60?/m1/s1. The molecule has 4 aromatic rings. The fourth-order valence-corrected chi connectivity index (χ4v) is 8.06. The lowest BCUT2D eigenvalue weighted by Gasteiger charge is -2.26. The van der Waals surface area contributed by atoms with E-state index in [4.69, 9.17) is 67.0 Å². The third-order valence-corrected chi connectivity index (χ3v) is 11.0. The Morgan fingerprint density at radius 2 is 1.40 bits per heavy atom. The number of alkyl halides is 1. The summed E-state index contributed by atoms with van der Waals surface area (Å²) in [4.78, 5) is 48.6. The zero-order valence-electron chi connectivity index (χ0n) is 31.7. The van der Waals surface area contributed by atoms with E-state index in [1.807, 2.05) is 0 Å². The number of hydrogen-bond donors (Lipinski definition) is 3. The Morgan fingerprint density at radius 1 is 0.850 bits per heavy atom. The van der Waals surface area contributed by atoms with Crippen LogP contribution in [-0.4, -0.2) is 120 Å². The average molecular weight is 891 g/mol. The number of aliphatic hydroxyl groups is 1. The lowest BCUT2D eigenvalue weighted by Crippen LogP contribution is -2.35. The molecule has 30 heteroatoms. The second-order valence-corrected chi connectivity index (χ2v) is 16.4. The Morgan fingerprint density at radius 3 is 1.97 bits per heavy atom. The third kappa shape index (κ3) is 9.05. The van der Waals surface area contributed by atoms with Crippen LogP contribution in [0.1, 0.15) is 40.2 Å². The Labute approximate surface area is 336 Å². The van der Waals surface area contributed by atoms with E-state index in [9.17, 15) is 23.8 Å². The number of carbonyl (C=O) groups is 2. The van der Waals surface area contributed by atoms with Gasteiger partial charge in [-0.1, -0.05) is 0 Å². The first-order valence-corrected chi connectivity index (χ1v) is 20.5. The normalized spacial score (nSPS) is 28.4. The van der Waals surface area contributed by atoms with Gasteiger partial charge in [-0.15, -0.1) is 0 Å². The van der Waals surface area contributed by atoms with Crippen LogP contribution >= 0.6 is 15.6 Å². The summed E-state index contributed by atoms with van der Waals surface area (Å²) in [5.74, 6) is -1.63. The molecule has 0 aromatic carbocycles. The van der Waals surface area contributed by atoms with Gasteiger partial charge < -0.3 is 49.5 Å². The molecule has 2 bridgehead atoms. The first kappa shape index (κ1) is 42.8. The highest BCUT2D eigenvalue weighted by molar-refractivity contribution is 7.48. The number of hydrogen-bond acceptors (Lipinski definition) is 25. The minimum atomic E-state index is -5.19. The first-order chi connectivity index (χ1) is 28.5. The number of ether oxygens (including phenoxy) is 6. The van der Waals surface area contributed by atoms with Gasteiger partial charge in [0.25, 0.3) is 0 Å². The van der Waals surface area contributed by atoms with E-state index in [2.05, 4.69) is 29.9 Å². The molecule has 60 heavy (non-hydrogen) atoms. The molecular weight excluding hydrogens is 853 g/mol. The number of rotatable bonds is 10. The lowest BCUT2D eigenvalue weighted by atomic mass is 10.1. The maximum atomic E-state index is 16.7. The minimum Gasteiger partial charge on any atom is -0.465 e. The first-order valence-electron chi connectivity index (χ1n) is 17.6. The van der Waals surface area contributed by atoms with Gasteiger partial charge in [-0.05, 0) is 27.7 Å². The number of phosphoric ester groups is 2. The molecule has 7 rings (SSSR count). The summed E-state index contributed by atoms with van der Waals surface area (Å²) in [5, 5.41) is 11.6. The number of imidazole rings is 2. The molecule has 3 aliphatic heterocycles. The molecular formula is C30H37FN10O17P2. The van der Waals surface area contributed by atoms with Crippen molar-refractivity contribution in [2.24, 2.45) is 0 Å². The molecule has 5 N–H and O–H groups in total.